The van der Waals surface area contributed by atoms with Crippen LogP contribution in [0.5, 0.6) is 11.5 Å². The van der Waals surface area contributed by atoms with Crippen molar-refractivity contribution in [3.8, 4) is 11.5 Å². The molecule has 0 spiro atoms. The van der Waals surface area contributed by atoms with Gasteiger partial charge in [0.1, 0.15) is 17.5 Å². The number of methoxy groups -OCH3 is 2. The van der Waals surface area contributed by atoms with E-state index >= 15 is 0 Å². The van der Waals surface area contributed by atoms with E-state index in [9.17, 15) is 4.79 Å². The van der Waals surface area contributed by atoms with Gasteiger partial charge in [-0.05, 0) is 25.1 Å². The Balaban J connectivity index is 1.95. The highest BCUT2D eigenvalue weighted by atomic mass is 35.5. The standard InChI is InChI=1S/C19H19ClN2O3/c1-12(19(23)21-16-7-5-4-6-15(16)20)22-9-8-14-17(22)10-13(24-2)11-18(14)25-3/h4-12H,1-3H3,(H,21,23). The molecule has 0 aliphatic heterocycles. The summed E-state index contributed by atoms with van der Waals surface area (Å²) in [5.41, 5.74) is 1.45. The SMILES string of the molecule is COc1cc(OC)c2ccn(C(C)C(=O)Nc3ccccc3Cl)c2c1. The lowest BCUT2D eigenvalue weighted by Gasteiger charge is -2.17. The Kier molecular flexibility index (Phi) is 4.86. The number of fused-ring (bicyclic) bond motifs is 1. The first-order chi connectivity index (χ1) is 12.0. The number of rotatable bonds is 5. The molecule has 6 heteroatoms. The Morgan fingerprint density at radius 3 is 2.60 bits per heavy atom. The lowest BCUT2D eigenvalue weighted by molar-refractivity contribution is -0.118. The Bertz CT molecular complexity index is 920. The summed E-state index contributed by atoms with van der Waals surface area (Å²) in [5.74, 6) is 1.21. The molecule has 5 nitrogen and oxygen atoms in total. The van der Waals surface area contributed by atoms with E-state index in [0.29, 0.717) is 22.2 Å². The average Bonchev–Trinajstić information content (AvgIpc) is 3.05. The van der Waals surface area contributed by atoms with Gasteiger partial charge in [0.2, 0.25) is 5.91 Å². The quantitative estimate of drug-likeness (QED) is 0.730. The third-order valence-corrected chi connectivity index (χ3v) is 4.49. The molecule has 1 N–H and O–H groups in total. The van der Waals surface area contributed by atoms with Crippen LogP contribution in [-0.4, -0.2) is 24.7 Å². The molecular weight excluding hydrogens is 340 g/mol. The molecule has 1 amide bonds. The third-order valence-electron chi connectivity index (χ3n) is 4.16. The van der Waals surface area contributed by atoms with Gasteiger partial charge in [-0.15, -0.1) is 0 Å². The summed E-state index contributed by atoms with van der Waals surface area (Å²) in [4.78, 5) is 12.7. The van der Waals surface area contributed by atoms with Crippen molar-refractivity contribution in [2.24, 2.45) is 0 Å². The summed E-state index contributed by atoms with van der Waals surface area (Å²) in [6.07, 6.45) is 1.86. The lowest BCUT2D eigenvalue weighted by Crippen LogP contribution is -2.23. The van der Waals surface area contributed by atoms with Crippen LogP contribution in [0.2, 0.25) is 5.02 Å². The van der Waals surface area contributed by atoms with Crippen LogP contribution in [0.15, 0.2) is 48.7 Å². The number of halogens is 1. The predicted octanol–water partition coefficient (Wildman–Crippen LogP) is 4.51. The molecule has 0 saturated heterocycles. The molecule has 1 unspecified atom stereocenters. The third kappa shape index (κ3) is 3.28. The first-order valence-corrected chi connectivity index (χ1v) is 8.21. The summed E-state index contributed by atoms with van der Waals surface area (Å²) in [6.45, 7) is 1.83. The highest BCUT2D eigenvalue weighted by Crippen LogP contribution is 2.33. The van der Waals surface area contributed by atoms with E-state index < -0.39 is 6.04 Å². The van der Waals surface area contributed by atoms with E-state index in [1.54, 1.807) is 26.4 Å². The lowest BCUT2D eigenvalue weighted by atomic mass is 10.2. The molecule has 1 heterocycles. The number of aromatic nitrogens is 1. The summed E-state index contributed by atoms with van der Waals surface area (Å²) in [5, 5.41) is 4.29. The van der Waals surface area contributed by atoms with Gasteiger partial charge < -0.3 is 19.4 Å². The van der Waals surface area contributed by atoms with E-state index in [0.717, 1.165) is 10.9 Å². The minimum Gasteiger partial charge on any atom is -0.497 e. The molecule has 0 fully saturated rings. The number of hydrogen-bond donors (Lipinski definition) is 1. The maximum Gasteiger partial charge on any atom is 0.247 e. The first kappa shape index (κ1) is 17.2. The number of ether oxygens (including phenoxy) is 2. The molecule has 0 radical (unpaired) electrons. The van der Waals surface area contributed by atoms with Gasteiger partial charge in [0.05, 0.1) is 30.4 Å². The molecule has 130 valence electrons. The molecule has 1 atom stereocenters. The zero-order valence-electron chi connectivity index (χ0n) is 14.2. The first-order valence-electron chi connectivity index (χ1n) is 7.83. The molecule has 1 aromatic heterocycles. The number of anilines is 1. The Hall–Kier alpha value is -2.66. The monoisotopic (exact) mass is 358 g/mol. The largest absolute Gasteiger partial charge is 0.497 e. The van der Waals surface area contributed by atoms with Crippen molar-refractivity contribution in [3.63, 3.8) is 0 Å². The molecular formula is C19H19ClN2O3. The second-order valence-corrected chi connectivity index (χ2v) is 6.04. The van der Waals surface area contributed by atoms with Gasteiger partial charge in [0.15, 0.2) is 0 Å². The second-order valence-electron chi connectivity index (χ2n) is 5.63. The average molecular weight is 359 g/mol. The number of para-hydroxylation sites is 1. The topological polar surface area (TPSA) is 52.5 Å². The molecule has 3 aromatic rings. The number of benzene rings is 2. The fourth-order valence-electron chi connectivity index (χ4n) is 2.75. The summed E-state index contributed by atoms with van der Waals surface area (Å²) in [6, 6.07) is 12.3. The predicted molar refractivity (Wildman–Crippen MR) is 99.8 cm³/mol. The van der Waals surface area contributed by atoms with Crippen LogP contribution in [0.1, 0.15) is 13.0 Å². The molecule has 0 aliphatic rings. The van der Waals surface area contributed by atoms with E-state index in [-0.39, 0.29) is 5.91 Å². The van der Waals surface area contributed by atoms with Crippen LogP contribution < -0.4 is 14.8 Å². The zero-order chi connectivity index (χ0) is 18.0. The van der Waals surface area contributed by atoms with Crippen molar-refractivity contribution < 1.29 is 14.3 Å². The maximum atomic E-state index is 12.7. The number of nitrogens with zero attached hydrogens (tertiary/aromatic N) is 1. The minimum absolute atomic E-state index is 0.160. The molecule has 25 heavy (non-hydrogen) atoms. The highest BCUT2D eigenvalue weighted by molar-refractivity contribution is 6.33. The number of carbonyl (C=O) groups excluding carboxylic acids is 1. The van der Waals surface area contributed by atoms with Crippen LogP contribution in [-0.2, 0) is 4.79 Å². The molecule has 2 aromatic carbocycles. The smallest absolute Gasteiger partial charge is 0.247 e. The number of amides is 1. The van der Waals surface area contributed by atoms with E-state index in [1.807, 2.05) is 48.0 Å². The highest BCUT2D eigenvalue weighted by Gasteiger charge is 2.19. The van der Waals surface area contributed by atoms with Crippen LogP contribution in [0.25, 0.3) is 10.9 Å². The van der Waals surface area contributed by atoms with E-state index in [1.165, 1.54) is 0 Å². The van der Waals surface area contributed by atoms with Gasteiger partial charge in [0.25, 0.3) is 0 Å². The number of carbonyl (C=O) groups is 1. The Morgan fingerprint density at radius 2 is 1.92 bits per heavy atom. The number of hydrogen-bond acceptors (Lipinski definition) is 3. The van der Waals surface area contributed by atoms with Crippen LogP contribution in [0, 0.1) is 0 Å². The molecule has 0 bridgehead atoms. The number of nitrogens with one attached hydrogen (secondary N) is 1. The van der Waals surface area contributed by atoms with Gasteiger partial charge >= 0.3 is 0 Å². The van der Waals surface area contributed by atoms with Crippen LogP contribution >= 0.6 is 11.6 Å². The summed E-state index contributed by atoms with van der Waals surface area (Å²) < 4.78 is 12.6. The molecule has 0 saturated carbocycles. The summed E-state index contributed by atoms with van der Waals surface area (Å²) in [7, 11) is 3.21. The van der Waals surface area contributed by atoms with Crippen molar-refractivity contribution in [1.82, 2.24) is 4.57 Å². The van der Waals surface area contributed by atoms with E-state index in [4.69, 9.17) is 21.1 Å². The van der Waals surface area contributed by atoms with Crippen molar-refractivity contribution in [1.29, 1.82) is 0 Å². The fourth-order valence-corrected chi connectivity index (χ4v) is 2.94. The zero-order valence-corrected chi connectivity index (χ0v) is 15.0. The van der Waals surface area contributed by atoms with Crippen molar-refractivity contribution in [2.45, 2.75) is 13.0 Å². The van der Waals surface area contributed by atoms with Crippen LogP contribution in [0.3, 0.4) is 0 Å². The van der Waals surface area contributed by atoms with Gasteiger partial charge in [-0.25, -0.2) is 0 Å². The van der Waals surface area contributed by atoms with Gasteiger partial charge in [0, 0.05) is 23.7 Å². The fraction of sp³-hybridized carbons (Fsp3) is 0.211. The van der Waals surface area contributed by atoms with Crippen molar-refractivity contribution in [2.75, 3.05) is 19.5 Å². The Labute approximate surface area is 151 Å². The maximum absolute atomic E-state index is 12.7. The van der Waals surface area contributed by atoms with Gasteiger partial charge in [-0.3, -0.25) is 4.79 Å². The molecule has 0 aliphatic carbocycles. The normalized spacial score (nSPS) is 12.0. The summed E-state index contributed by atoms with van der Waals surface area (Å²) >= 11 is 6.12. The van der Waals surface area contributed by atoms with Gasteiger partial charge in [-0.2, -0.15) is 0 Å². The van der Waals surface area contributed by atoms with Crippen molar-refractivity contribution in [3.05, 3.63) is 53.7 Å². The van der Waals surface area contributed by atoms with Crippen LogP contribution in [0.4, 0.5) is 5.69 Å². The van der Waals surface area contributed by atoms with Gasteiger partial charge in [-0.1, -0.05) is 23.7 Å². The van der Waals surface area contributed by atoms with E-state index in [2.05, 4.69) is 5.32 Å². The van der Waals surface area contributed by atoms with Crippen molar-refractivity contribution >= 4 is 34.1 Å². The minimum atomic E-state index is -0.439. The molecule has 3 rings (SSSR count). The Morgan fingerprint density at radius 1 is 1.16 bits per heavy atom. The second kappa shape index (κ2) is 7.07.